The molecule has 1 aliphatic rings. The van der Waals surface area contributed by atoms with Crippen molar-refractivity contribution in [3.63, 3.8) is 0 Å². The molecule has 0 spiro atoms. The summed E-state index contributed by atoms with van der Waals surface area (Å²) < 4.78 is 11.1. The zero-order chi connectivity index (χ0) is 14.4. The van der Waals surface area contributed by atoms with Crippen molar-refractivity contribution in [1.29, 1.82) is 0 Å². The van der Waals surface area contributed by atoms with Gasteiger partial charge in [-0.15, -0.1) is 0 Å². The van der Waals surface area contributed by atoms with E-state index in [4.69, 9.17) is 44.3 Å². The first-order valence-electron chi connectivity index (χ1n) is 5.73. The van der Waals surface area contributed by atoms with Crippen LogP contribution in [0.4, 0.5) is 0 Å². The molecule has 6 heteroatoms. The van der Waals surface area contributed by atoms with Gasteiger partial charge in [-0.3, -0.25) is 0 Å². The number of rotatable bonds is 1. The molecule has 1 aliphatic heterocycles. The third-order valence-electron chi connectivity index (χ3n) is 3.01. The summed E-state index contributed by atoms with van der Waals surface area (Å²) in [5, 5.41) is 1.53. The highest BCUT2D eigenvalue weighted by atomic mass is 35.5. The van der Waals surface area contributed by atoms with Crippen molar-refractivity contribution in [2.75, 3.05) is 7.11 Å². The third-order valence-corrected chi connectivity index (χ3v) is 5.25. The third kappa shape index (κ3) is 2.23. The lowest BCUT2D eigenvalue weighted by atomic mass is 10.2. The Bertz CT molecular complexity index is 716. The van der Waals surface area contributed by atoms with Gasteiger partial charge in [0.2, 0.25) is 0 Å². The normalized spacial score (nSPS) is 12.4. The molecule has 3 rings (SSSR count). The Labute approximate surface area is 135 Å². The minimum absolute atomic E-state index is 0.507. The van der Waals surface area contributed by atoms with E-state index in [2.05, 4.69) is 0 Å². The van der Waals surface area contributed by atoms with Crippen LogP contribution in [0.2, 0.25) is 15.1 Å². The molecule has 0 bridgehead atoms. The highest BCUT2D eigenvalue weighted by Gasteiger charge is 2.24. The van der Waals surface area contributed by atoms with E-state index in [1.54, 1.807) is 31.0 Å². The summed E-state index contributed by atoms with van der Waals surface area (Å²) >= 11 is 19.9. The van der Waals surface area contributed by atoms with Crippen LogP contribution in [0.25, 0.3) is 0 Å². The Morgan fingerprint density at radius 1 is 1.05 bits per heavy atom. The largest absolute Gasteiger partial charge is 0.495 e. The average Bonchev–Trinajstić information content (AvgIpc) is 2.43. The highest BCUT2D eigenvalue weighted by molar-refractivity contribution is 7.99. The van der Waals surface area contributed by atoms with E-state index in [0.717, 1.165) is 21.1 Å². The Kier molecular flexibility index (Phi) is 3.71. The number of benzene rings is 2. The molecule has 0 aliphatic carbocycles. The van der Waals surface area contributed by atoms with Crippen molar-refractivity contribution in [1.82, 2.24) is 0 Å². The van der Waals surface area contributed by atoms with E-state index in [1.165, 1.54) is 0 Å². The fraction of sp³-hybridized carbons (Fsp3) is 0.143. The Morgan fingerprint density at radius 3 is 2.50 bits per heavy atom. The summed E-state index contributed by atoms with van der Waals surface area (Å²) in [6.45, 7) is 1.88. The van der Waals surface area contributed by atoms with Crippen LogP contribution >= 0.6 is 46.6 Å². The van der Waals surface area contributed by atoms with Crippen LogP contribution in [-0.2, 0) is 0 Å². The molecular formula is C14H9Cl3O2S. The quantitative estimate of drug-likeness (QED) is 0.520. The van der Waals surface area contributed by atoms with Crippen LogP contribution in [0, 0.1) is 6.92 Å². The SMILES string of the molecule is COc1cc2c(cc1Cl)Oc1c(cc(Cl)c(Cl)c1C)S2. The Hall–Kier alpha value is -0.740. The molecular weight excluding hydrogens is 339 g/mol. The van der Waals surface area contributed by atoms with E-state index in [1.807, 2.05) is 13.0 Å². The zero-order valence-corrected chi connectivity index (χ0v) is 13.7. The molecule has 0 fully saturated rings. The van der Waals surface area contributed by atoms with Crippen LogP contribution in [0.1, 0.15) is 5.56 Å². The molecule has 0 aromatic heterocycles. The number of halogens is 3. The van der Waals surface area contributed by atoms with Gasteiger partial charge in [0, 0.05) is 11.6 Å². The topological polar surface area (TPSA) is 18.5 Å². The van der Waals surface area contributed by atoms with Gasteiger partial charge in [-0.25, -0.2) is 0 Å². The van der Waals surface area contributed by atoms with Gasteiger partial charge >= 0.3 is 0 Å². The standard InChI is InChI=1S/C14H9Cl3O2S/c1-6-13(17)8(16)4-12-14(6)19-10-3-7(15)9(18-2)5-11(10)20-12/h3-5H,1-2H3. The van der Waals surface area contributed by atoms with Crippen LogP contribution in [0.5, 0.6) is 17.2 Å². The van der Waals surface area contributed by atoms with E-state index >= 15 is 0 Å². The Morgan fingerprint density at radius 2 is 1.80 bits per heavy atom. The summed E-state index contributed by atoms with van der Waals surface area (Å²) in [5.41, 5.74) is 0.819. The average molecular weight is 348 g/mol. The maximum Gasteiger partial charge on any atom is 0.145 e. The second kappa shape index (κ2) is 5.23. The molecule has 2 aromatic carbocycles. The lowest BCUT2D eigenvalue weighted by Gasteiger charge is -2.23. The van der Waals surface area contributed by atoms with Crippen LogP contribution in [0.15, 0.2) is 28.0 Å². The van der Waals surface area contributed by atoms with E-state index < -0.39 is 0 Å². The molecule has 20 heavy (non-hydrogen) atoms. The van der Waals surface area contributed by atoms with Gasteiger partial charge in [-0.2, -0.15) is 0 Å². The molecule has 0 N–H and O–H groups in total. The van der Waals surface area contributed by atoms with Crippen LogP contribution in [0.3, 0.4) is 0 Å². The summed E-state index contributed by atoms with van der Waals surface area (Å²) in [4.78, 5) is 1.85. The van der Waals surface area contributed by atoms with E-state index in [9.17, 15) is 0 Å². The molecule has 2 nitrogen and oxygen atoms in total. The molecule has 1 heterocycles. The molecule has 104 valence electrons. The number of fused-ring (bicyclic) bond motifs is 2. The minimum atomic E-state index is 0.507. The van der Waals surface area contributed by atoms with Crippen molar-refractivity contribution in [2.24, 2.45) is 0 Å². The van der Waals surface area contributed by atoms with Gasteiger partial charge in [0.05, 0.1) is 32.0 Å². The van der Waals surface area contributed by atoms with Crippen LogP contribution in [-0.4, -0.2) is 7.11 Å². The van der Waals surface area contributed by atoms with Crippen molar-refractivity contribution >= 4 is 46.6 Å². The van der Waals surface area contributed by atoms with E-state index in [0.29, 0.717) is 26.6 Å². The van der Waals surface area contributed by atoms with Crippen molar-refractivity contribution in [3.05, 3.63) is 38.8 Å². The summed E-state index contributed by atoms with van der Waals surface area (Å²) in [6.07, 6.45) is 0. The predicted octanol–water partition coefficient (Wildman–Crippen LogP) is 6.22. The highest BCUT2D eigenvalue weighted by Crippen LogP contribution is 2.53. The molecule has 0 unspecified atom stereocenters. The summed E-state index contributed by atoms with van der Waals surface area (Å²) in [7, 11) is 1.58. The maximum absolute atomic E-state index is 6.15. The number of ether oxygens (including phenoxy) is 2. The molecule has 0 saturated heterocycles. The molecule has 0 radical (unpaired) electrons. The lowest BCUT2D eigenvalue weighted by Crippen LogP contribution is -1.99. The lowest BCUT2D eigenvalue weighted by molar-refractivity contribution is 0.408. The fourth-order valence-corrected chi connectivity index (χ4v) is 3.73. The Balaban J connectivity index is 2.14. The fourth-order valence-electron chi connectivity index (χ4n) is 1.97. The first kappa shape index (κ1) is 14.2. The first-order chi connectivity index (χ1) is 9.51. The molecule has 0 atom stereocenters. The summed E-state index contributed by atoms with van der Waals surface area (Å²) in [5.74, 6) is 2.02. The van der Waals surface area contributed by atoms with Crippen molar-refractivity contribution in [3.8, 4) is 17.2 Å². The van der Waals surface area contributed by atoms with Crippen molar-refractivity contribution in [2.45, 2.75) is 16.7 Å². The molecule has 0 saturated carbocycles. The van der Waals surface area contributed by atoms with Gasteiger partial charge < -0.3 is 9.47 Å². The van der Waals surface area contributed by atoms with Crippen LogP contribution < -0.4 is 9.47 Å². The minimum Gasteiger partial charge on any atom is -0.495 e. The maximum atomic E-state index is 6.15. The second-order valence-corrected chi connectivity index (χ2v) is 6.54. The monoisotopic (exact) mass is 346 g/mol. The van der Waals surface area contributed by atoms with E-state index in [-0.39, 0.29) is 0 Å². The van der Waals surface area contributed by atoms with Gasteiger partial charge in [-0.05, 0) is 19.1 Å². The molecule has 0 amide bonds. The predicted molar refractivity (Wildman–Crippen MR) is 83.4 cm³/mol. The van der Waals surface area contributed by atoms with Gasteiger partial charge in [0.15, 0.2) is 0 Å². The van der Waals surface area contributed by atoms with Gasteiger partial charge in [0.25, 0.3) is 0 Å². The number of hydrogen-bond donors (Lipinski definition) is 0. The zero-order valence-electron chi connectivity index (χ0n) is 10.6. The summed E-state index contributed by atoms with van der Waals surface area (Å²) in [6, 6.07) is 5.40. The first-order valence-corrected chi connectivity index (χ1v) is 7.68. The smallest absolute Gasteiger partial charge is 0.145 e. The number of hydrogen-bond acceptors (Lipinski definition) is 3. The van der Waals surface area contributed by atoms with Crippen molar-refractivity contribution < 1.29 is 9.47 Å². The molecule has 2 aromatic rings. The van der Waals surface area contributed by atoms with Gasteiger partial charge in [0.1, 0.15) is 17.2 Å². The number of methoxy groups -OCH3 is 1. The second-order valence-electron chi connectivity index (χ2n) is 4.26. The van der Waals surface area contributed by atoms with Gasteiger partial charge in [-0.1, -0.05) is 46.6 Å².